The minimum absolute atomic E-state index is 0.00704. The number of hydrogen-bond acceptors (Lipinski definition) is 4. The molecule has 0 amide bonds. The van der Waals surface area contributed by atoms with Crippen molar-refractivity contribution in [1.29, 1.82) is 0 Å². The van der Waals surface area contributed by atoms with Crippen LogP contribution >= 0.6 is 0 Å². The monoisotopic (exact) mass is 292 g/mol. The van der Waals surface area contributed by atoms with E-state index in [2.05, 4.69) is 0 Å². The van der Waals surface area contributed by atoms with Crippen molar-refractivity contribution in [2.24, 2.45) is 0 Å². The largest absolute Gasteiger partial charge is 0.332 e. The van der Waals surface area contributed by atoms with E-state index in [1.54, 1.807) is 0 Å². The van der Waals surface area contributed by atoms with Gasteiger partial charge in [0.1, 0.15) is 4.90 Å². The number of rotatable bonds is 2. The molecular formula is C10H6F2O4S2. The summed E-state index contributed by atoms with van der Waals surface area (Å²) in [6.07, 6.45) is 0. The molecule has 0 aromatic heterocycles. The van der Waals surface area contributed by atoms with Gasteiger partial charge in [-0.05, 0) is 23.6 Å². The van der Waals surface area contributed by atoms with E-state index < -0.39 is 30.2 Å². The van der Waals surface area contributed by atoms with E-state index in [1.807, 2.05) is 0 Å². The number of benzene rings is 2. The molecule has 96 valence electrons. The SMILES string of the molecule is O=S(=O)(F)c1ccc2c(S(=O)(=O)F)cccc2c1. The maximum Gasteiger partial charge on any atom is 0.332 e. The van der Waals surface area contributed by atoms with E-state index in [-0.39, 0.29) is 10.8 Å². The fourth-order valence-corrected chi connectivity index (χ4v) is 2.78. The fraction of sp³-hybridized carbons (Fsp3) is 0. The van der Waals surface area contributed by atoms with Crippen molar-refractivity contribution in [3.63, 3.8) is 0 Å². The van der Waals surface area contributed by atoms with E-state index in [0.717, 1.165) is 24.3 Å². The molecule has 8 heteroatoms. The molecule has 0 saturated heterocycles. The molecule has 0 unspecified atom stereocenters. The predicted octanol–water partition coefficient (Wildman–Crippen LogP) is 2.16. The normalized spacial score (nSPS) is 12.8. The van der Waals surface area contributed by atoms with Gasteiger partial charge < -0.3 is 0 Å². The van der Waals surface area contributed by atoms with Crippen LogP contribution in [0, 0.1) is 0 Å². The van der Waals surface area contributed by atoms with Crippen LogP contribution in [0.1, 0.15) is 0 Å². The summed E-state index contributed by atoms with van der Waals surface area (Å²) in [5, 5.41) is 0.111. The Kier molecular flexibility index (Phi) is 2.86. The van der Waals surface area contributed by atoms with Gasteiger partial charge in [0.15, 0.2) is 0 Å². The second-order valence-electron chi connectivity index (χ2n) is 3.51. The van der Waals surface area contributed by atoms with Gasteiger partial charge in [-0.1, -0.05) is 18.2 Å². The first-order valence-electron chi connectivity index (χ1n) is 4.62. The van der Waals surface area contributed by atoms with Crippen molar-refractivity contribution >= 4 is 31.2 Å². The Morgan fingerprint density at radius 3 is 2.06 bits per heavy atom. The Morgan fingerprint density at radius 1 is 0.833 bits per heavy atom. The summed E-state index contributed by atoms with van der Waals surface area (Å²) in [7, 11) is -9.81. The second kappa shape index (κ2) is 3.99. The van der Waals surface area contributed by atoms with Crippen LogP contribution in [0.4, 0.5) is 7.77 Å². The average molecular weight is 292 g/mol. The minimum Gasteiger partial charge on any atom is -0.189 e. The first kappa shape index (κ1) is 12.9. The molecule has 18 heavy (non-hydrogen) atoms. The first-order valence-corrected chi connectivity index (χ1v) is 7.38. The van der Waals surface area contributed by atoms with Crippen molar-refractivity contribution in [3.05, 3.63) is 36.4 Å². The highest BCUT2D eigenvalue weighted by atomic mass is 32.3. The van der Waals surface area contributed by atoms with Gasteiger partial charge in [-0.15, -0.1) is 7.77 Å². The first-order chi connectivity index (χ1) is 8.19. The number of hydrogen-bond donors (Lipinski definition) is 0. The molecule has 0 bridgehead atoms. The van der Waals surface area contributed by atoms with Crippen molar-refractivity contribution in [3.8, 4) is 0 Å². The summed E-state index contributed by atoms with van der Waals surface area (Å²) in [6.45, 7) is 0. The fourth-order valence-electron chi connectivity index (χ4n) is 1.60. The van der Waals surface area contributed by atoms with Crippen LogP contribution < -0.4 is 0 Å². The maximum atomic E-state index is 13.0. The van der Waals surface area contributed by atoms with Gasteiger partial charge >= 0.3 is 20.4 Å². The van der Waals surface area contributed by atoms with E-state index in [1.165, 1.54) is 12.1 Å². The Bertz CT molecular complexity index is 826. The Hall–Kier alpha value is -1.54. The molecule has 0 atom stereocenters. The van der Waals surface area contributed by atoms with Gasteiger partial charge in [0, 0.05) is 5.39 Å². The molecule has 0 fully saturated rings. The summed E-state index contributed by atoms with van der Waals surface area (Å²) < 4.78 is 68.9. The highest BCUT2D eigenvalue weighted by Gasteiger charge is 2.18. The molecule has 2 aromatic rings. The molecule has 0 aliphatic heterocycles. The molecule has 0 N–H and O–H groups in total. The quantitative estimate of drug-likeness (QED) is 0.795. The van der Waals surface area contributed by atoms with Crippen molar-refractivity contribution in [2.45, 2.75) is 9.79 Å². The molecule has 0 saturated carbocycles. The third-order valence-electron chi connectivity index (χ3n) is 2.36. The van der Waals surface area contributed by atoms with Crippen LogP contribution in [0.3, 0.4) is 0 Å². The molecular weight excluding hydrogens is 286 g/mol. The van der Waals surface area contributed by atoms with Gasteiger partial charge in [0.05, 0.1) is 4.90 Å². The zero-order valence-electron chi connectivity index (χ0n) is 8.67. The van der Waals surface area contributed by atoms with Crippen molar-refractivity contribution in [2.75, 3.05) is 0 Å². The topological polar surface area (TPSA) is 68.3 Å². The lowest BCUT2D eigenvalue weighted by Crippen LogP contribution is -1.95. The van der Waals surface area contributed by atoms with Crippen LogP contribution in [-0.4, -0.2) is 16.8 Å². The van der Waals surface area contributed by atoms with E-state index >= 15 is 0 Å². The predicted molar refractivity (Wildman–Crippen MR) is 60.5 cm³/mol. The van der Waals surface area contributed by atoms with Crippen LogP contribution in [0.15, 0.2) is 46.2 Å². The molecule has 4 nitrogen and oxygen atoms in total. The summed E-state index contributed by atoms with van der Waals surface area (Å²) in [4.78, 5) is -1.19. The van der Waals surface area contributed by atoms with Crippen LogP contribution in [0.2, 0.25) is 0 Å². The van der Waals surface area contributed by atoms with Gasteiger partial charge in [-0.3, -0.25) is 0 Å². The zero-order chi connectivity index (χ0) is 13.6. The summed E-state index contributed by atoms with van der Waals surface area (Å²) in [6, 6.07) is 6.52. The lowest BCUT2D eigenvalue weighted by Gasteiger charge is -2.03. The third-order valence-corrected chi connectivity index (χ3v) is 4.05. The minimum atomic E-state index is -4.92. The highest BCUT2D eigenvalue weighted by Crippen LogP contribution is 2.27. The molecule has 0 spiro atoms. The van der Waals surface area contributed by atoms with Gasteiger partial charge in [-0.25, -0.2) is 0 Å². The maximum absolute atomic E-state index is 13.0. The van der Waals surface area contributed by atoms with Gasteiger partial charge in [0.25, 0.3) is 0 Å². The standard InChI is InChI=1S/C10H6F2O4S2/c11-17(13,14)8-4-5-9-7(6-8)2-1-3-10(9)18(12,15)16/h1-6H. The molecule has 0 heterocycles. The third kappa shape index (κ3) is 2.34. The zero-order valence-corrected chi connectivity index (χ0v) is 10.3. The molecule has 2 aromatic carbocycles. The van der Waals surface area contributed by atoms with Crippen molar-refractivity contribution < 1.29 is 24.6 Å². The summed E-state index contributed by atoms with van der Waals surface area (Å²) >= 11 is 0. The molecule has 0 radical (unpaired) electrons. The Balaban J connectivity index is 2.85. The average Bonchev–Trinajstić information content (AvgIpc) is 2.25. The van der Waals surface area contributed by atoms with Crippen LogP contribution in [-0.2, 0) is 20.4 Å². The smallest absolute Gasteiger partial charge is 0.189 e. The molecule has 0 aliphatic carbocycles. The van der Waals surface area contributed by atoms with E-state index in [9.17, 15) is 24.6 Å². The molecule has 2 rings (SSSR count). The number of fused-ring (bicyclic) bond motifs is 1. The lowest BCUT2D eigenvalue weighted by molar-refractivity contribution is 0.551. The van der Waals surface area contributed by atoms with Gasteiger partial charge in [0.2, 0.25) is 0 Å². The summed E-state index contributed by atoms with van der Waals surface area (Å²) in [5.74, 6) is 0. The van der Waals surface area contributed by atoms with E-state index in [0.29, 0.717) is 0 Å². The number of halogens is 2. The van der Waals surface area contributed by atoms with Crippen LogP contribution in [0.5, 0.6) is 0 Å². The molecule has 0 aliphatic rings. The Labute approximate surface area is 102 Å². The second-order valence-corrected chi connectivity index (χ2v) is 6.18. The van der Waals surface area contributed by atoms with Gasteiger partial charge in [-0.2, -0.15) is 16.8 Å². The van der Waals surface area contributed by atoms with Crippen LogP contribution in [0.25, 0.3) is 10.8 Å². The summed E-state index contributed by atoms with van der Waals surface area (Å²) in [5.41, 5.74) is 0. The Morgan fingerprint density at radius 2 is 1.50 bits per heavy atom. The van der Waals surface area contributed by atoms with Crippen molar-refractivity contribution in [1.82, 2.24) is 0 Å². The van der Waals surface area contributed by atoms with E-state index in [4.69, 9.17) is 0 Å². The lowest BCUT2D eigenvalue weighted by atomic mass is 10.1. The highest BCUT2D eigenvalue weighted by molar-refractivity contribution is 7.86.